The van der Waals surface area contributed by atoms with Gasteiger partial charge < -0.3 is 10.1 Å². The second kappa shape index (κ2) is 9.17. The zero-order valence-electron chi connectivity index (χ0n) is 14.9. The number of carbonyl (C=O) groups is 1. The van der Waals surface area contributed by atoms with Gasteiger partial charge in [-0.15, -0.1) is 0 Å². The summed E-state index contributed by atoms with van der Waals surface area (Å²) in [7, 11) is -3.94. The summed E-state index contributed by atoms with van der Waals surface area (Å²) >= 11 is 11.8. The fourth-order valence-electron chi connectivity index (χ4n) is 2.39. The average Bonchev–Trinajstić information content (AvgIpc) is 2.70. The van der Waals surface area contributed by atoms with Gasteiger partial charge in [0.25, 0.3) is 15.9 Å². The molecule has 0 radical (unpaired) electrons. The van der Waals surface area contributed by atoms with E-state index in [2.05, 4.69) is 10.0 Å². The molecule has 0 saturated heterocycles. The molecule has 150 valence electrons. The van der Waals surface area contributed by atoms with Crippen molar-refractivity contribution in [3.63, 3.8) is 0 Å². The highest BCUT2D eigenvalue weighted by molar-refractivity contribution is 7.92. The number of hydrogen-bond donors (Lipinski definition) is 2. The van der Waals surface area contributed by atoms with Crippen molar-refractivity contribution in [2.24, 2.45) is 0 Å². The van der Waals surface area contributed by atoms with Crippen molar-refractivity contribution >= 4 is 50.5 Å². The number of rotatable bonds is 7. The first-order chi connectivity index (χ1) is 13.8. The molecule has 9 heteroatoms. The quantitative estimate of drug-likeness (QED) is 0.540. The van der Waals surface area contributed by atoms with Gasteiger partial charge in [-0.3, -0.25) is 9.52 Å². The van der Waals surface area contributed by atoms with E-state index in [1.165, 1.54) is 24.3 Å². The molecule has 2 N–H and O–H groups in total. The van der Waals surface area contributed by atoms with Crippen molar-refractivity contribution in [2.75, 3.05) is 16.6 Å². The third kappa shape index (κ3) is 5.63. The lowest BCUT2D eigenvalue weighted by Gasteiger charge is -2.14. The summed E-state index contributed by atoms with van der Waals surface area (Å²) in [5, 5.41) is 3.06. The van der Waals surface area contributed by atoms with E-state index in [-0.39, 0.29) is 38.9 Å². The number of amides is 1. The van der Waals surface area contributed by atoms with Crippen molar-refractivity contribution < 1.29 is 17.9 Å². The molecule has 0 bridgehead atoms. The summed E-state index contributed by atoms with van der Waals surface area (Å²) in [5.41, 5.74) is 0.820. The zero-order valence-corrected chi connectivity index (χ0v) is 17.3. The number of halogens is 2. The van der Waals surface area contributed by atoms with Gasteiger partial charge in [0.2, 0.25) is 0 Å². The molecule has 0 heterocycles. The van der Waals surface area contributed by atoms with Gasteiger partial charge in [-0.1, -0.05) is 53.5 Å². The average molecular weight is 451 g/mol. The van der Waals surface area contributed by atoms with Crippen LogP contribution >= 0.6 is 23.2 Å². The van der Waals surface area contributed by atoms with Crippen LogP contribution < -0.4 is 14.8 Å². The summed E-state index contributed by atoms with van der Waals surface area (Å²) in [6.07, 6.45) is 0. The topological polar surface area (TPSA) is 84.5 Å². The Bertz CT molecular complexity index is 1120. The van der Waals surface area contributed by atoms with Crippen LogP contribution in [0.15, 0.2) is 77.7 Å². The lowest BCUT2D eigenvalue weighted by Crippen LogP contribution is -2.21. The minimum absolute atomic E-state index is 0.0523. The molecule has 0 saturated carbocycles. The van der Waals surface area contributed by atoms with E-state index in [1.807, 2.05) is 6.07 Å². The summed E-state index contributed by atoms with van der Waals surface area (Å²) in [5.74, 6) is -0.169. The number of para-hydroxylation sites is 3. The molecule has 0 aliphatic carbocycles. The number of carbonyl (C=O) groups excluding carboxylic acids is 1. The summed E-state index contributed by atoms with van der Waals surface area (Å²) in [4.78, 5) is 12.0. The minimum atomic E-state index is -3.94. The normalized spacial score (nSPS) is 11.0. The van der Waals surface area contributed by atoms with Crippen LogP contribution in [0.2, 0.25) is 10.0 Å². The van der Waals surface area contributed by atoms with E-state index < -0.39 is 10.0 Å². The molecule has 0 spiro atoms. The van der Waals surface area contributed by atoms with E-state index in [9.17, 15) is 13.2 Å². The van der Waals surface area contributed by atoms with Crippen LogP contribution in [0.3, 0.4) is 0 Å². The van der Waals surface area contributed by atoms with Crippen LogP contribution in [0.5, 0.6) is 5.75 Å². The highest BCUT2D eigenvalue weighted by atomic mass is 35.5. The maximum atomic E-state index is 12.6. The molecule has 1 amide bonds. The third-order valence-corrected chi connectivity index (χ3v) is 5.85. The van der Waals surface area contributed by atoms with Gasteiger partial charge in [-0.25, -0.2) is 8.42 Å². The van der Waals surface area contributed by atoms with Crippen molar-refractivity contribution in [3.05, 3.63) is 82.8 Å². The third-order valence-electron chi connectivity index (χ3n) is 3.75. The monoisotopic (exact) mass is 450 g/mol. The molecular weight excluding hydrogens is 435 g/mol. The van der Waals surface area contributed by atoms with Gasteiger partial charge in [-0.05, 0) is 42.5 Å². The largest absolute Gasteiger partial charge is 0.482 e. The molecule has 0 unspecified atom stereocenters. The Hall–Kier alpha value is -2.74. The maximum Gasteiger partial charge on any atom is 0.262 e. The Morgan fingerprint density at radius 1 is 0.897 bits per heavy atom. The predicted octanol–water partition coefficient (Wildman–Crippen LogP) is 4.81. The Labute approximate surface area is 178 Å². The number of sulfonamides is 1. The van der Waals surface area contributed by atoms with E-state index in [4.69, 9.17) is 27.9 Å². The summed E-state index contributed by atoms with van der Waals surface area (Å²) < 4.78 is 33.2. The van der Waals surface area contributed by atoms with Gasteiger partial charge >= 0.3 is 0 Å². The number of anilines is 2. The van der Waals surface area contributed by atoms with Crippen molar-refractivity contribution in [1.82, 2.24) is 0 Å². The summed E-state index contributed by atoms with van der Waals surface area (Å²) in [6, 6.07) is 19.3. The molecule has 0 aromatic heterocycles. The minimum Gasteiger partial charge on any atom is -0.482 e. The van der Waals surface area contributed by atoms with Crippen molar-refractivity contribution in [3.8, 4) is 5.75 Å². The van der Waals surface area contributed by atoms with E-state index in [0.717, 1.165) is 0 Å². The second-order valence-corrected chi connectivity index (χ2v) is 8.38. The highest BCUT2D eigenvalue weighted by Crippen LogP contribution is 2.29. The first-order valence-electron chi connectivity index (χ1n) is 8.40. The van der Waals surface area contributed by atoms with Crippen LogP contribution in [0.4, 0.5) is 11.4 Å². The maximum absolute atomic E-state index is 12.6. The van der Waals surface area contributed by atoms with Crippen LogP contribution in [0.1, 0.15) is 0 Å². The van der Waals surface area contributed by atoms with Crippen molar-refractivity contribution in [1.29, 1.82) is 0 Å². The summed E-state index contributed by atoms with van der Waals surface area (Å²) in [6.45, 7) is -0.291. The van der Waals surface area contributed by atoms with Crippen LogP contribution in [0, 0.1) is 0 Å². The van der Waals surface area contributed by atoms with Gasteiger partial charge in [0.05, 0.1) is 20.6 Å². The van der Waals surface area contributed by atoms with Gasteiger partial charge in [0.1, 0.15) is 5.75 Å². The molecule has 0 fully saturated rings. The number of ether oxygens (including phenoxy) is 1. The predicted molar refractivity (Wildman–Crippen MR) is 114 cm³/mol. The Balaban J connectivity index is 1.71. The second-order valence-electron chi connectivity index (χ2n) is 5.88. The number of benzene rings is 3. The fourth-order valence-corrected chi connectivity index (χ4v) is 3.85. The Morgan fingerprint density at radius 2 is 1.59 bits per heavy atom. The molecule has 6 nitrogen and oxygen atoms in total. The molecule has 3 aromatic rings. The van der Waals surface area contributed by atoms with Gasteiger partial charge in [-0.2, -0.15) is 0 Å². The SMILES string of the molecule is O=C(COc1ccccc1NS(=O)(=O)c1ccc(Cl)c(Cl)c1)Nc1ccccc1. The van der Waals surface area contributed by atoms with Gasteiger partial charge in [0, 0.05) is 5.69 Å². The van der Waals surface area contributed by atoms with Crippen LogP contribution in [-0.4, -0.2) is 20.9 Å². The smallest absolute Gasteiger partial charge is 0.262 e. The van der Waals surface area contributed by atoms with Crippen LogP contribution in [-0.2, 0) is 14.8 Å². The molecule has 29 heavy (non-hydrogen) atoms. The Kier molecular flexibility index (Phi) is 6.64. The van der Waals surface area contributed by atoms with Crippen molar-refractivity contribution in [2.45, 2.75) is 4.90 Å². The molecule has 0 atom stereocenters. The van der Waals surface area contributed by atoms with E-state index >= 15 is 0 Å². The number of nitrogens with one attached hydrogen (secondary N) is 2. The first kappa shape index (κ1) is 21.0. The molecule has 0 aliphatic rings. The van der Waals surface area contributed by atoms with E-state index in [0.29, 0.717) is 5.69 Å². The fraction of sp³-hybridized carbons (Fsp3) is 0.0500. The number of hydrogen-bond acceptors (Lipinski definition) is 4. The molecule has 0 aliphatic heterocycles. The highest BCUT2D eigenvalue weighted by Gasteiger charge is 2.18. The standard InChI is InChI=1S/C20H16Cl2N2O4S/c21-16-11-10-15(12-17(16)22)29(26,27)24-18-8-4-5-9-19(18)28-13-20(25)23-14-6-2-1-3-7-14/h1-12,24H,13H2,(H,23,25). The lowest BCUT2D eigenvalue weighted by atomic mass is 10.3. The Morgan fingerprint density at radius 3 is 2.31 bits per heavy atom. The zero-order chi connectivity index (χ0) is 20.9. The van der Waals surface area contributed by atoms with E-state index in [1.54, 1.807) is 42.5 Å². The first-order valence-corrected chi connectivity index (χ1v) is 10.6. The molecule has 3 aromatic carbocycles. The van der Waals surface area contributed by atoms with Crippen LogP contribution in [0.25, 0.3) is 0 Å². The lowest BCUT2D eigenvalue weighted by molar-refractivity contribution is -0.118. The van der Waals surface area contributed by atoms with Gasteiger partial charge in [0.15, 0.2) is 6.61 Å². The molecular formula is C20H16Cl2N2O4S. The molecule has 3 rings (SSSR count).